The predicted molar refractivity (Wildman–Crippen MR) is 77.5 cm³/mol. The van der Waals surface area contributed by atoms with Crippen molar-refractivity contribution in [2.75, 3.05) is 12.8 Å². The third-order valence-electron chi connectivity index (χ3n) is 3.15. The molecule has 2 rings (SSSR count). The molecular formula is C13H16N4O4. The van der Waals surface area contributed by atoms with Crippen LogP contribution < -0.4 is 11.3 Å². The predicted octanol–water partition coefficient (Wildman–Crippen LogP) is 1.30. The van der Waals surface area contributed by atoms with Crippen LogP contribution in [0.3, 0.4) is 0 Å². The number of anilines is 1. The zero-order valence-corrected chi connectivity index (χ0v) is 11.8. The molecule has 0 saturated heterocycles. The average Bonchev–Trinajstić information content (AvgIpc) is 2.72. The molecular weight excluding hydrogens is 276 g/mol. The van der Waals surface area contributed by atoms with E-state index in [-0.39, 0.29) is 18.0 Å². The van der Waals surface area contributed by atoms with Gasteiger partial charge in [-0.1, -0.05) is 6.07 Å². The average molecular weight is 292 g/mol. The minimum atomic E-state index is -0.507. The Kier molecular flexibility index (Phi) is 4.08. The van der Waals surface area contributed by atoms with Gasteiger partial charge in [-0.2, -0.15) is 0 Å². The quantitative estimate of drug-likeness (QED) is 0.660. The summed E-state index contributed by atoms with van der Waals surface area (Å²) in [6.07, 6.45) is 0. The molecule has 0 radical (unpaired) electrons. The number of hydrogen-bond donors (Lipinski definition) is 1. The maximum Gasteiger partial charge on any atom is 0.294 e. The molecule has 2 N–H and O–H groups in total. The van der Waals surface area contributed by atoms with Crippen LogP contribution in [0.5, 0.6) is 0 Å². The van der Waals surface area contributed by atoms with Crippen molar-refractivity contribution < 1.29 is 9.66 Å². The van der Waals surface area contributed by atoms with Gasteiger partial charge in [-0.25, -0.2) is 4.68 Å². The molecule has 1 heterocycles. The van der Waals surface area contributed by atoms with Gasteiger partial charge in [-0.3, -0.25) is 19.6 Å². The number of nitrogens with zero attached hydrogens (tertiary/aromatic N) is 3. The number of ether oxygens (including phenoxy) is 1. The van der Waals surface area contributed by atoms with Gasteiger partial charge in [0.1, 0.15) is 5.69 Å². The fraction of sp³-hybridized carbons (Fsp3) is 0.308. The Morgan fingerprint density at radius 3 is 2.71 bits per heavy atom. The number of benzene rings is 1. The molecule has 1 aromatic carbocycles. The van der Waals surface area contributed by atoms with Crippen molar-refractivity contribution in [3.63, 3.8) is 0 Å². The number of nitro benzene ring substituents is 1. The van der Waals surface area contributed by atoms with E-state index >= 15 is 0 Å². The summed E-state index contributed by atoms with van der Waals surface area (Å²) in [7, 11) is 1.51. The number of nitrogens with two attached hydrogens (primary N) is 1. The maximum atomic E-state index is 12.3. The summed E-state index contributed by atoms with van der Waals surface area (Å²) < 4.78 is 8.04. The van der Waals surface area contributed by atoms with E-state index in [2.05, 4.69) is 0 Å². The highest BCUT2D eigenvalue weighted by Crippen LogP contribution is 2.19. The van der Waals surface area contributed by atoms with Crippen LogP contribution in [0.2, 0.25) is 0 Å². The van der Waals surface area contributed by atoms with Crippen LogP contribution in [0.15, 0.2) is 29.1 Å². The standard InChI is InChI=1S/C13H16N4O4/c1-3-15-11(8-21-2)12(14)13(18)16(15)9-5-4-6-10(7-9)17(19)20/h4-7H,3,8,14H2,1-2H3. The lowest BCUT2D eigenvalue weighted by Crippen LogP contribution is -2.22. The van der Waals surface area contributed by atoms with Gasteiger partial charge in [-0.05, 0) is 13.0 Å². The fourth-order valence-corrected chi connectivity index (χ4v) is 2.22. The maximum absolute atomic E-state index is 12.3. The van der Waals surface area contributed by atoms with Gasteiger partial charge in [0, 0.05) is 25.8 Å². The highest BCUT2D eigenvalue weighted by atomic mass is 16.6. The summed E-state index contributed by atoms with van der Waals surface area (Å²) in [5.74, 6) is 0. The van der Waals surface area contributed by atoms with Crippen molar-refractivity contribution in [1.29, 1.82) is 0 Å². The lowest BCUT2D eigenvalue weighted by Gasteiger charge is -2.12. The minimum absolute atomic E-state index is 0.0879. The molecule has 2 aromatic rings. The summed E-state index contributed by atoms with van der Waals surface area (Å²) in [6.45, 7) is 2.52. The van der Waals surface area contributed by atoms with Gasteiger partial charge in [0.25, 0.3) is 11.2 Å². The van der Waals surface area contributed by atoms with E-state index in [1.807, 2.05) is 6.92 Å². The zero-order chi connectivity index (χ0) is 15.6. The first-order valence-corrected chi connectivity index (χ1v) is 6.35. The van der Waals surface area contributed by atoms with E-state index in [9.17, 15) is 14.9 Å². The molecule has 8 nitrogen and oxygen atoms in total. The Balaban J connectivity index is 2.69. The summed E-state index contributed by atoms with van der Waals surface area (Å²) in [4.78, 5) is 22.7. The first kappa shape index (κ1) is 14.8. The SMILES string of the molecule is CCn1c(COC)c(N)c(=O)n1-c1cccc([N+](=O)[O-])c1. The molecule has 0 spiro atoms. The summed E-state index contributed by atoms with van der Waals surface area (Å²) in [5.41, 5.74) is 6.37. The van der Waals surface area contributed by atoms with Crippen LogP contribution in [-0.2, 0) is 17.9 Å². The van der Waals surface area contributed by atoms with E-state index < -0.39 is 10.5 Å². The molecule has 0 aliphatic rings. The van der Waals surface area contributed by atoms with Gasteiger partial charge in [-0.15, -0.1) is 0 Å². The third-order valence-corrected chi connectivity index (χ3v) is 3.15. The number of nitrogen functional groups attached to an aromatic ring is 1. The lowest BCUT2D eigenvalue weighted by atomic mass is 10.3. The van der Waals surface area contributed by atoms with Crippen LogP contribution in [0, 0.1) is 10.1 Å². The van der Waals surface area contributed by atoms with Crippen molar-refractivity contribution >= 4 is 11.4 Å². The number of nitro groups is 1. The second-order valence-corrected chi connectivity index (χ2v) is 4.40. The monoisotopic (exact) mass is 292 g/mol. The molecule has 112 valence electrons. The number of aromatic nitrogens is 2. The van der Waals surface area contributed by atoms with Crippen molar-refractivity contribution in [1.82, 2.24) is 9.36 Å². The minimum Gasteiger partial charge on any atom is -0.393 e. The molecule has 0 aliphatic heterocycles. The van der Waals surface area contributed by atoms with E-state index in [0.29, 0.717) is 17.9 Å². The van der Waals surface area contributed by atoms with E-state index in [1.165, 1.54) is 30.0 Å². The molecule has 8 heteroatoms. The molecule has 0 bridgehead atoms. The third kappa shape index (κ3) is 2.52. The second-order valence-electron chi connectivity index (χ2n) is 4.40. The molecule has 0 unspecified atom stereocenters. The van der Waals surface area contributed by atoms with Crippen LogP contribution >= 0.6 is 0 Å². The number of non-ortho nitro benzene ring substituents is 1. The lowest BCUT2D eigenvalue weighted by molar-refractivity contribution is -0.384. The topological polar surface area (TPSA) is 105 Å². The highest BCUT2D eigenvalue weighted by molar-refractivity contribution is 5.48. The van der Waals surface area contributed by atoms with E-state index in [1.54, 1.807) is 10.7 Å². The summed E-state index contributed by atoms with van der Waals surface area (Å²) in [6, 6.07) is 5.85. The van der Waals surface area contributed by atoms with Gasteiger partial charge in [0.2, 0.25) is 0 Å². The van der Waals surface area contributed by atoms with Crippen LogP contribution in [0.1, 0.15) is 12.6 Å². The molecule has 0 atom stereocenters. The van der Waals surface area contributed by atoms with Crippen LogP contribution in [0.25, 0.3) is 5.69 Å². The van der Waals surface area contributed by atoms with E-state index in [0.717, 1.165) is 0 Å². The largest absolute Gasteiger partial charge is 0.393 e. The van der Waals surface area contributed by atoms with Crippen LogP contribution in [-0.4, -0.2) is 21.4 Å². The molecule has 0 saturated carbocycles. The van der Waals surface area contributed by atoms with Crippen LogP contribution in [0.4, 0.5) is 11.4 Å². The molecule has 1 aromatic heterocycles. The second kappa shape index (κ2) is 5.80. The van der Waals surface area contributed by atoms with Crippen molar-refractivity contribution in [2.45, 2.75) is 20.1 Å². The Morgan fingerprint density at radius 1 is 1.43 bits per heavy atom. The Labute approximate surface area is 120 Å². The van der Waals surface area contributed by atoms with Gasteiger partial charge >= 0.3 is 0 Å². The Hall–Kier alpha value is -2.61. The van der Waals surface area contributed by atoms with Crippen molar-refractivity contribution in [2.24, 2.45) is 0 Å². The summed E-state index contributed by atoms with van der Waals surface area (Å²) in [5, 5.41) is 10.9. The first-order chi connectivity index (χ1) is 10.0. The van der Waals surface area contributed by atoms with Gasteiger partial charge in [0.05, 0.1) is 22.9 Å². The van der Waals surface area contributed by atoms with Gasteiger partial charge in [0.15, 0.2) is 0 Å². The first-order valence-electron chi connectivity index (χ1n) is 6.35. The number of hydrogen-bond acceptors (Lipinski definition) is 5. The molecule has 0 aliphatic carbocycles. The normalized spacial score (nSPS) is 10.8. The highest BCUT2D eigenvalue weighted by Gasteiger charge is 2.19. The molecule has 21 heavy (non-hydrogen) atoms. The van der Waals surface area contributed by atoms with Crippen molar-refractivity contribution in [3.8, 4) is 5.69 Å². The van der Waals surface area contributed by atoms with Gasteiger partial charge < -0.3 is 10.5 Å². The fourth-order valence-electron chi connectivity index (χ4n) is 2.22. The zero-order valence-electron chi connectivity index (χ0n) is 11.8. The van der Waals surface area contributed by atoms with E-state index in [4.69, 9.17) is 10.5 Å². The smallest absolute Gasteiger partial charge is 0.294 e. The number of methoxy groups -OCH3 is 1. The number of rotatable bonds is 5. The Morgan fingerprint density at radius 2 is 2.14 bits per heavy atom. The molecule has 0 amide bonds. The van der Waals surface area contributed by atoms with Crippen molar-refractivity contribution in [3.05, 3.63) is 50.4 Å². The summed E-state index contributed by atoms with van der Waals surface area (Å²) >= 11 is 0. The Bertz CT molecular complexity index is 732. The molecule has 0 fully saturated rings.